The zero-order chi connectivity index (χ0) is 13.9. The normalized spacial score (nSPS) is 24.1. The van der Waals surface area contributed by atoms with Crippen molar-refractivity contribution in [3.05, 3.63) is 29.6 Å². The van der Waals surface area contributed by atoms with Gasteiger partial charge in [-0.25, -0.2) is 0 Å². The van der Waals surface area contributed by atoms with Gasteiger partial charge in [-0.3, -0.25) is 9.78 Å². The van der Waals surface area contributed by atoms with E-state index in [1.165, 1.54) is 0 Å². The minimum Gasteiger partial charge on any atom is -0.390 e. The van der Waals surface area contributed by atoms with Crippen molar-refractivity contribution in [2.24, 2.45) is 0 Å². The summed E-state index contributed by atoms with van der Waals surface area (Å²) in [7, 11) is 0. The number of carbonyl (C=O) groups excluding carboxylic acids is 1. The highest BCUT2D eigenvalue weighted by Crippen LogP contribution is 2.21. The minimum absolute atomic E-state index is 0.111. The molecule has 1 amide bonds. The molecule has 1 saturated heterocycles. The largest absolute Gasteiger partial charge is 0.390 e. The van der Waals surface area contributed by atoms with Crippen LogP contribution < -0.4 is 0 Å². The van der Waals surface area contributed by atoms with E-state index >= 15 is 0 Å². The summed E-state index contributed by atoms with van der Waals surface area (Å²) in [6, 6.07) is 3.86. The molecule has 2 rings (SSSR count). The lowest BCUT2D eigenvalue weighted by Gasteiger charge is -2.22. The second-order valence-electron chi connectivity index (χ2n) is 5.68. The molecule has 1 N–H and O–H groups in total. The molecule has 104 valence electrons. The molecule has 4 nitrogen and oxygen atoms in total. The van der Waals surface area contributed by atoms with Crippen molar-refractivity contribution in [2.75, 3.05) is 13.1 Å². The number of aromatic nitrogens is 1. The monoisotopic (exact) mass is 262 g/mol. The van der Waals surface area contributed by atoms with Gasteiger partial charge in [0.15, 0.2) is 0 Å². The molecular formula is C15H22N2O2. The molecule has 1 atom stereocenters. The Hall–Kier alpha value is -1.42. The maximum absolute atomic E-state index is 12.3. The fourth-order valence-electron chi connectivity index (χ4n) is 2.47. The second-order valence-corrected chi connectivity index (χ2v) is 5.68. The lowest BCUT2D eigenvalue weighted by atomic mass is 9.98. The molecule has 1 aromatic rings. The highest BCUT2D eigenvalue weighted by molar-refractivity contribution is 5.78. The van der Waals surface area contributed by atoms with E-state index in [0.29, 0.717) is 19.4 Å². The third kappa shape index (κ3) is 3.77. The number of hydrogen-bond donors (Lipinski definition) is 1. The predicted octanol–water partition coefficient (Wildman–Crippen LogP) is 1.70. The smallest absolute Gasteiger partial charge is 0.228 e. The fraction of sp³-hybridized carbons (Fsp3) is 0.600. The van der Waals surface area contributed by atoms with Crippen LogP contribution in [0.3, 0.4) is 0 Å². The molecule has 0 aliphatic carbocycles. The number of amides is 1. The Balaban J connectivity index is 1.99. The third-order valence-electron chi connectivity index (χ3n) is 3.85. The van der Waals surface area contributed by atoms with E-state index < -0.39 is 5.60 Å². The molecule has 1 fully saturated rings. The summed E-state index contributed by atoms with van der Waals surface area (Å²) < 4.78 is 0. The highest BCUT2D eigenvalue weighted by atomic mass is 16.3. The van der Waals surface area contributed by atoms with Gasteiger partial charge < -0.3 is 10.0 Å². The van der Waals surface area contributed by atoms with E-state index in [9.17, 15) is 9.90 Å². The lowest BCUT2D eigenvalue weighted by molar-refractivity contribution is -0.130. The molecule has 1 unspecified atom stereocenters. The van der Waals surface area contributed by atoms with Gasteiger partial charge in [0.25, 0.3) is 0 Å². The zero-order valence-electron chi connectivity index (χ0n) is 11.7. The molecule has 19 heavy (non-hydrogen) atoms. The van der Waals surface area contributed by atoms with E-state index in [0.717, 1.165) is 30.6 Å². The second kappa shape index (κ2) is 5.70. The molecule has 1 aliphatic rings. The van der Waals surface area contributed by atoms with Crippen LogP contribution in [0.4, 0.5) is 0 Å². The van der Waals surface area contributed by atoms with Crippen molar-refractivity contribution in [1.29, 1.82) is 0 Å². The summed E-state index contributed by atoms with van der Waals surface area (Å²) in [6.07, 6.45) is 4.36. The van der Waals surface area contributed by atoms with Gasteiger partial charge in [0.2, 0.25) is 5.91 Å². The first-order chi connectivity index (χ1) is 8.98. The van der Waals surface area contributed by atoms with Crippen LogP contribution in [0.5, 0.6) is 0 Å². The fourth-order valence-corrected chi connectivity index (χ4v) is 2.47. The van der Waals surface area contributed by atoms with Gasteiger partial charge in [0.05, 0.1) is 17.7 Å². The Kier molecular flexibility index (Phi) is 4.20. The molecule has 0 bridgehead atoms. The van der Waals surface area contributed by atoms with Crippen molar-refractivity contribution in [3.63, 3.8) is 0 Å². The molecule has 2 heterocycles. The van der Waals surface area contributed by atoms with Crippen LogP contribution in [0.2, 0.25) is 0 Å². The number of nitrogens with zero attached hydrogens (tertiary/aromatic N) is 2. The van der Waals surface area contributed by atoms with Gasteiger partial charge in [-0.15, -0.1) is 0 Å². The number of hydrogen-bond acceptors (Lipinski definition) is 3. The van der Waals surface area contributed by atoms with Gasteiger partial charge in [-0.05, 0) is 44.7 Å². The summed E-state index contributed by atoms with van der Waals surface area (Å²) in [5.41, 5.74) is 1.27. The first-order valence-electron chi connectivity index (χ1n) is 6.89. The van der Waals surface area contributed by atoms with E-state index in [1.54, 1.807) is 6.20 Å². The average molecular weight is 262 g/mol. The van der Waals surface area contributed by atoms with Gasteiger partial charge in [0.1, 0.15) is 0 Å². The van der Waals surface area contributed by atoms with E-state index in [1.807, 2.05) is 30.9 Å². The van der Waals surface area contributed by atoms with Crippen molar-refractivity contribution >= 4 is 5.91 Å². The van der Waals surface area contributed by atoms with Crippen molar-refractivity contribution in [1.82, 2.24) is 9.88 Å². The summed E-state index contributed by atoms with van der Waals surface area (Å²) in [5, 5.41) is 10.0. The number of likely N-dealkylation sites (tertiary alicyclic amines) is 1. The molecule has 0 spiro atoms. The molecule has 0 radical (unpaired) electrons. The van der Waals surface area contributed by atoms with Crippen LogP contribution in [0, 0.1) is 6.92 Å². The Labute approximate surface area is 114 Å². The average Bonchev–Trinajstić information content (AvgIpc) is 2.53. The maximum Gasteiger partial charge on any atom is 0.228 e. The standard InChI is InChI=1S/C15H22N2O2/c1-12-5-3-8-16-13(12)11-14(18)17-9-4-6-15(2,19)7-10-17/h3,5,8,19H,4,6-7,9-11H2,1-2H3. The summed E-state index contributed by atoms with van der Waals surface area (Å²) in [6.45, 7) is 5.20. The topological polar surface area (TPSA) is 53.4 Å². The predicted molar refractivity (Wildman–Crippen MR) is 73.7 cm³/mol. The Bertz CT molecular complexity index is 457. The third-order valence-corrected chi connectivity index (χ3v) is 3.85. The zero-order valence-corrected chi connectivity index (χ0v) is 11.7. The molecule has 0 aromatic carbocycles. The summed E-state index contributed by atoms with van der Waals surface area (Å²) in [4.78, 5) is 18.4. The number of carbonyl (C=O) groups is 1. The first kappa shape index (κ1) is 14.0. The van der Waals surface area contributed by atoms with Crippen LogP contribution in [0.1, 0.15) is 37.4 Å². The summed E-state index contributed by atoms with van der Waals surface area (Å²) >= 11 is 0. The minimum atomic E-state index is -0.629. The summed E-state index contributed by atoms with van der Waals surface area (Å²) in [5.74, 6) is 0.111. The number of pyridine rings is 1. The van der Waals surface area contributed by atoms with Gasteiger partial charge >= 0.3 is 0 Å². The Morgan fingerprint density at radius 1 is 1.47 bits per heavy atom. The first-order valence-corrected chi connectivity index (χ1v) is 6.89. The molecule has 1 aliphatic heterocycles. The number of aliphatic hydroxyl groups is 1. The number of aryl methyl sites for hydroxylation is 1. The van der Waals surface area contributed by atoms with Gasteiger partial charge in [0, 0.05) is 19.3 Å². The van der Waals surface area contributed by atoms with Crippen LogP contribution in [0.15, 0.2) is 18.3 Å². The quantitative estimate of drug-likeness (QED) is 0.882. The van der Waals surface area contributed by atoms with Gasteiger partial charge in [-0.2, -0.15) is 0 Å². The van der Waals surface area contributed by atoms with E-state index in [4.69, 9.17) is 0 Å². The maximum atomic E-state index is 12.3. The van der Waals surface area contributed by atoms with Crippen molar-refractivity contribution < 1.29 is 9.90 Å². The van der Waals surface area contributed by atoms with Crippen LogP contribution >= 0.6 is 0 Å². The van der Waals surface area contributed by atoms with Crippen LogP contribution in [0.25, 0.3) is 0 Å². The van der Waals surface area contributed by atoms with Crippen molar-refractivity contribution in [2.45, 2.75) is 45.1 Å². The van der Waals surface area contributed by atoms with E-state index in [2.05, 4.69) is 4.98 Å². The Morgan fingerprint density at radius 2 is 2.26 bits per heavy atom. The molecule has 0 saturated carbocycles. The van der Waals surface area contributed by atoms with Gasteiger partial charge in [-0.1, -0.05) is 6.07 Å². The van der Waals surface area contributed by atoms with Crippen molar-refractivity contribution in [3.8, 4) is 0 Å². The lowest BCUT2D eigenvalue weighted by Crippen LogP contribution is -2.34. The van der Waals surface area contributed by atoms with Crippen LogP contribution in [-0.2, 0) is 11.2 Å². The van der Waals surface area contributed by atoms with Crippen LogP contribution in [-0.4, -0.2) is 39.6 Å². The van der Waals surface area contributed by atoms with E-state index in [-0.39, 0.29) is 5.91 Å². The SMILES string of the molecule is Cc1cccnc1CC(=O)N1CCCC(C)(O)CC1. The highest BCUT2D eigenvalue weighted by Gasteiger charge is 2.27. The molecule has 1 aromatic heterocycles. The number of rotatable bonds is 2. The Morgan fingerprint density at radius 3 is 3.00 bits per heavy atom. The molecular weight excluding hydrogens is 240 g/mol. The molecule has 4 heteroatoms.